The van der Waals surface area contributed by atoms with Gasteiger partial charge in [-0.3, -0.25) is 4.79 Å². The number of rotatable bonds is 5. The Morgan fingerprint density at radius 2 is 1.86 bits per heavy atom. The standard InChI is InChI=1S/C13H19N3O6/c1-13(2,3)22-11(18)15-8-10(17)20-6-7-21-12(19)16-5-4-14-9-16/h4-5,9H,6-8H2,1-3H3,(H,15,18). The lowest BCUT2D eigenvalue weighted by atomic mass is 10.2. The molecule has 0 unspecified atom stereocenters. The number of carbonyl (C=O) groups excluding carboxylic acids is 3. The average Bonchev–Trinajstić information content (AvgIpc) is 2.93. The van der Waals surface area contributed by atoms with Crippen molar-refractivity contribution < 1.29 is 28.6 Å². The zero-order chi connectivity index (χ0) is 16.6. The van der Waals surface area contributed by atoms with Crippen LogP contribution in [0.1, 0.15) is 20.8 Å². The zero-order valence-electron chi connectivity index (χ0n) is 12.7. The third-order valence-corrected chi connectivity index (χ3v) is 2.06. The van der Waals surface area contributed by atoms with Gasteiger partial charge in [0.25, 0.3) is 0 Å². The van der Waals surface area contributed by atoms with Gasteiger partial charge in [0.15, 0.2) is 0 Å². The van der Waals surface area contributed by atoms with Crippen LogP contribution in [0.5, 0.6) is 0 Å². The van der Waals surface area contributed by atoms with Crippen molar-refractivity contribution in [2.75, 3.05) is 19.8 Å². The highest BCUT2D eigenvalue weighted by molar-refractivity contribution is 5.78. The molecular weight excluding hydrogens is 294 g/mol. The third-order valence-electron chi connectivity index (χ3n) is 2.06. The lowest BCUT2D eigenvalue weighted by Crippen LogP contribution is -2.36. The van der Waals surface area contributed by atoms with Gasteiger partial charge in [0.1, 0.15) is 31.7 Å². The fraction of sp³-hybridized carbons (Fsp3) is 0.538. The smallest absolute Gasteiger partial charge is 0.419 e. The van der Waals surface area contributed by atoms with E-state index in [4.69, 9.17) is 14.2 Å². The Morgan fingerprint density at radius 3 is 2.45 bits per heavy atom. The van der Waals surface area contributed by atoms with E-state index in [-0.39, 0.29) is 19.8 Å². The van der Waals surface area contributed by atoms with Gasteiger partial charge >= 0.3 is 18.2 Å². The van der Waals surface area contributed by atoms with Crippen molar-refractivity contribution >= 4 is 18.2 Å². The second-order valence-corrected chi connectivity index (χ2v) is 5.16. The van der Waals surface area contributed by atoms with E-state index in [2.05, 4.69) is 10.3 Å². The summed E-state index contributed by atoms with van der Waals surface area (Å²) in [4.78, 5) is 37.7. The quantitative estimate of drug-likeness (QED) is 0.489. The van der Waals surface area contributed by atoms with Gasteiger partial charge in [-0.1, -0.05) is 0 Å². The first-order chi connectivity index (χ1) is 10.3. The van der Waals surface area contributed by atoms with Crippen molar-refractivity contribution in [2.45, 2.75) is 26.4 Å². The molecule has 0 aliphatic rings. The number of nitrogens with one attached hydrogen (secondary N) is 1. The Morgan fingerprint density at radius 1 is 1.18 bits per heavy atom. The summed E-state index contributed by atoms with van der Waals surface area (Å²) in [5, 5.41) is 2.26. The van der Waals surface area contributed by atoms with Gasteiger partial charge < -0.3 is 19.5 Å². The Labute approximate surface area is 127 Å². The van der Waals surface area contributed by atoms with E-state index in [1.807, 2.05) is 0 Å². The number of ether oxygens (including phenoxy) is 3. The summed E-state index contributed by atoms with van der Waals surface area (Å²) in [6, 6.07) is 0. The van der Waals surface area contributed by atoms with Crippen molar-refractivity contribution in [1.29, 1.82) is 0 Å². The Kier molecular flexibility index (Phi) is 6.36. The monoisotopic (exact) mass is 313 g/mol. The number of alkyl carbamates (subject to hydrolysis) is 1. The summed E-state index contributed by atoms with van der Waals surface area (Å²) >= 11 is 0. The van der Waals surface area contributed by atoms with Crippen LogP contribution in [0.25, 0.3) is 0 Å². The molecule has 9 heteroatoms. The Hall–Kier alpha value is -2.58. The Bertz CT molecular complexity index is 506. The number of carbonyl (C=O) groups is 3. The Balaban J connectivity index is 2.11. The van der Waals surface area contributed by atoms with E-state index in [0.717, 1.165) is 4.57 Å². The molecule has 0 aliphatic heterocycles. The van der Waals surface area contributed by atoms with E-state index in [0.29, 0.717) is 0 Å². The molecule has 0 saturated carbocycles. The molecule has 1 amide bonds. The third kappa shape index (κ3) is 7.27. The molecule has 9 nitrogen and oxygen atoms in total. The molecule has 0 bridgehead atoms. The molecule has 122 valence electrons. The molecule has 1 rings (SSSR count). The highest BCUT2D eigenvalue weighted by Crippen LogP contribution is 2.06. The van der Waals surface area contributed by atoms with Crippen LogP contribution in [-0.4, -0.2) is 53.1 Å². The van der Waals surface area contributed by atoms with Crippen LogP contribution < -0.4 is 5.32 Å². The molecule has 0 aliphatic carbocycles. The van der Waals surface area contributed by atoms with Gasteiger partial charge in [0.05, 0.1) is 0 Å². The van der Waals surface area contributed by atoms with Crippen LogP contribution in [0.2, 0.25) is 0 Å². The van der Waals surface area contributed by atoms with Crippen molar-refractivity contribution in [1.82, 2.24) is 14.9 Å². The number of hydrogen-bond donors (Lipinski definition) is 1. The summed E-state index contributed by atoms with van der Waals surface area (Å²) in [5.41, 5.74) is -0.643. The van der Waals surface area contributed by atoms with Crippen LogP contribution >= 0.6 is 0 Å². The van der Waals surface area contributed by atoms with Crippen molar-refractivity contribution in [3.63, 3.8) is 0 Å². The first-order valence-corrected chi connectivity index (χ1v) is 6.55. The van der Waals surface area contributed by atoms with Crippen LogP contribution in [0.15, 0.2) is 18.7 Å². The fourth-order valence-corrected chi connectivity index (χ4v) is 1.24. The molecule has 22 heavy (non-hydrogen) atoms. The summed E-state index contributed by atoms with van der Waals surface area (Å²) in [6.07, 6.45) is 2.82. The highest BCUT2D eigenvalue weighted by Gasteiger charge is 2.16. The van der Waals surface area contributed by atoms with E-state index in [9.17, 15) is 14.4 Å². The van der Waals surface area contributed by atoms with Gasteiger partial charge in [-0.15, -0.1) is 0 Å². The minimum atomic E-state index is -0.712. The number of esters is 1. The largest absolute Gasteiger partial charge is 0.461 e. The summed E-state index contributed by atoms with van der Waals surface area (Å²) in [7, 11) is 0. The molecule has 0 saturated heterocycles. The van der Waals surface area contributed by atoms with Gasteiger partial charge in [-0.25, -0.2) is 19.1 Å². The SMILES string of the molecule is CC(C)(C)OC(=O)NCC(=O)OCCOC(=O)n1ccnc1. The topological polar surface area (TPSA) is 109 Å². The predicted octanol–water partition coefficient (Wildman–Crippen LogP) is 0.936. The summed E-state index contributed by atoms with van der Waals surface area (Å²) < 4.78 is 15.7. The van der Waals surface area contributed by atoms with E-state index in [1.165, 1.54) is 18.7 Å². The molecule has 1 heterocycles. The maximum Gasteiger partial charge on any atom is 0.419 e. The van der Waals surface area contributed by atoms with Crippen LogP contribution in [-0.2, 0) is 19.0 Å². The van der Waals surface area contributed by atoms with Gasteiger partial charge in [0, 0.05) is 12.4 Å². The van der Waals surface area contributed by atoms with Gasteiger partial charge in [-0.2, -0.15) is 0 Å². The predicted molar refractivity (Wildman–Crippen MR) is 74.2 cm³/mol. The summed E-state index contributed by atoms with van der Waals surface area (Å²) in [6.45, 7) is 4.58. The van der Waals surface area contributed by atoms with Crippen molar-refractivity contribution in [3.05, 3.63) is 18.7 Å². The van der Waals surface area contributed by atoms with Gasteiger partial charge in [-0.05, 0) is 20.8 Å². The minimum Gasteiger partial charge on any atom is -0.461 e. The molecule has 1 aromatic heterocycles. The highest BCUT2D eigenvalue weighted by atomic mass is 16.6. The van der Waals surface area contributed by atoms with Crippen LogP contribution in [0.4, 0.5) is 9.59 Å². The second-order valence-electron chi connectivity index (χ2n) is 5.16. The van der Waals surface area contributed by atoms with E-state index < -0.39 is 23.8 Å². The molecule has 1 N–H and O–H groups in total. The first kappa shape index (κ1) is 17.5. The number of amides is 1. The molecule has 0 radical (unpaired) electrons. The molecular formula is C13H19N3O6. The number of aromatic nitrogens is 2. The maximum absolute atomic E-state index is 11.4. The summed E-state index contributed by atoms with van der Waals surface area (Å²) in [5.74, 6) is -0.662. The molecule has 0 aromatic carbocycles. The fourth-order valence-electron chi connectivity index (χ4n) is 1.24. The maximum atomic E-state index is 11.4. The van der Waals surface area contributed by atoms with Crippen LogP contribution in [0, 0.1) is 0 Å². The number of hydrogen-bond acceptors (Lipinski definition) is 7. The van der Waals surface area contributed by atoms with Crippen LogP contribution in [0.3, 0.4) is 0 Å². The second kappa shape index (κ2) is 8.01. The number of nitrogens with zero attached hydrogens (tertiary/aromatic N) is 2. The molecule has 0 atom stereocenters. The lowest BCUT2D eigenvalue weighted by Gasteiger charge is -2.19. The zero-order valence-corrected chi connectivity index (χ0v) is 12.7. The average molecular weight is 313 g/mol. The first-order valence-electron chi connectivity index (χ1n) is 6.55. The van der Waals surface area contributed by atoms with Crippen molar-refractivity contribution in [3.8, 4) is 0 Å². The van der Waals surface area contributed by atoms with Crippen molar-refractivity contribution in [2.24, 2.45) is 0 Å². The number of imidazole rings is 1. The normalized spacial score (nSPS) is 10.7. The molecule has 0 spiro atoms. The van der Waals surface area contributed by atoms with E-state index >= 15 is 0 Å². The van der Waals surface area contributed by atoms with Gasteiger partial charge in [0.2, 0.25) is 0 Å². The molecule has 0 fully saturated rings. The lowest BCUT2D eigenvalue weighted by molar-refractivity contribution is -0.143. The van der Waals surface area contributed by atoms with E-state index in [1.54, 1.807) is 20.8 Å². The molecule has 1 aromatic rings. The minimum absolute atomic E-state index is 0.102.